The fourth-order valence-electron chi connectivity index (χ4n) is 2.73. The number of ether oxygens (including phenoxy) is 1. The van der Waals surface area contributed by atoms with Gasteiger partial charge >= 0.3 is 0 Å². The first-order chi connectivity index (χ1) is 11.7. The van der Waals surface area contributed by atoms with E-state index in [2.05, 4.69) is 33.5 Å². The summed E-state index contributed by atoms with van der Waals surface area (Å²) in [6.07, 6.45) is 2.06. The Bertz CT molecular complexity index is 861. The van der Waals surface area contributed by atoms with Crippen molar-refractivity contribution in [3.05, 3.63) is 60.3 Å². The number of nitrogens with zero attached hydrogens (tertiary/aromatic N) is 1. The second kappa shape index (κ2) is 8.55. The molecule has 3 rings (SSSR count). The van der Waals surface area contributed by atoms with Gasteiger partial charge in [0.2, 0.25) is 5.91 Å². The van der Waals surface area contributed by atoms with Crippen molar-refractivity contribution in [2.75, 3.05) is 26.0 Å². The number of nitrogens with one attached hydrogen (secondary N) is 2. The molecule has 25 heavy (non-hydrogen) atoms. The molecule has 2 N–H and O–H groups in total. The van der Waals surface area contributed by atoms with Crippen molar-refractivity contribution in [1.82, 2.24) is 9.88 Å². The Morgan fingerprint density at radius 3 is 2.76 bits per heavy atom. The van der Waals surface area contributed by atoms with Crippen molar-refractivity contribution < 1.29 is 9.53 Å². The lowest BCUT2D eigenvalue weighted by atomic mass is 10.2. The third-order valence-corrected chi connectivity index (χ3v) is 3.88. The zero-order valence-corrected chi connectivity index (χ0v) is 15.1. The summed E-state index contributed by atoms with van der Waals surface area (Å²) in [7, 11) is 3.42. The molecule has 0 saturated carbocycles. The molecule has 5 nitrogen and oxygen atoms in total. The van der Waals surface area contributed by atoms with E-state index >= 15 is 0 Å². The fraction of sp³-hybridized carbons (Fsp3) is 0.211. The summed E-state index contributed by atoms with van der Waals surface area (Å²) in [6.45, 7) is 1.04. The highest BCUT2D eigenvalue weighted by Gasteiger charge is 2.06. The Morgan fingerprint density at radius 1 is 1.16 bits per heavy atom. The number of fused-ring (bicyclic) bond motifs is 1. The standard InChI is InChI=1S/C19H21N3O2.ClH/c1-20-12-19(23)21-16-7-6-15-8-9-22(18(15)11-16)13-14-4-3-5-17(10-14)24-2;/h3-11,20H,12-13H2,1-2H3,(H,21,23);1H. The number of halogens is 1. The number of aromatic nitrogens is 1. The summed E-state index contributed by atoms with van der Waals surface area (Å²) in [6, 6.07) is 16.1. The summed E-state index contributed by atoms with van der Waals surface area (Å²) in [5, 5.41) is 6.89. The van der Waals surface area contributed by atoms with E-state index in [1.807, 2.05) is 36.4 Å². The van der Waals surface area contributed by atoms with Crippen LogP contribution in [-0.2, 0) is 11.3 Å². The van der Waals surface area contributed by atoms with Crippen molar-refractivity contribution in [2.45, 2.75) is 6.54 Å². The quantitative estimate of drug-likeness (QED) is 0.710. The molecule has 0 aliphatic heterocycles. The van der Waals surface area contributed by atoms with Gasteiger partial charge in [0.25, 0.3) is 0 Å². The van der Waals surface area contributed by atoms with E-state index < -0.39 is 0 Å². The molecule has 1 amide bonds. The number of carbonyl (C=O) groups excluding carboxylic acids is 1. The maximum Gasteiger partial charge on any atom is 0.238 e. The molecule has 0 spiro atoms. The Kier molecular flexibility index (Phi) is 6.44. The summed E-state index contributed by atoms with van der Waals surface area (Å²) in [5.41, 5.74) is 3.05. The number of hydrogen-bond acceptors (Lipinski definition) is 3. The van der Waals surface area contributed by atoms with Gasteiger partial charge in [0.1, 0.15) is 5.75 Å². The van der Waals surface area contributed by atoms with Crippen LogP contribution in [0.25, 0.3) is 10.9 Å². The highest BCUT2D eigenvalue weighted by atomic mass is 35.5. The van der Waals surface area contributed by atoms with Gasteiger partial charge in [0.05, 0.1) is 19.2 Å². The van der Waals surface area contributed by atoms with Crippen LogP contribution in [0.15, 0.2) is 54.7 Å². The molecular weight excluding hydrogens is 338 g/mol. The lowest BCUT2D eigenvalue weighted by Gasteiger charge is -2.09. The number of likely N-dealkylation sites (N-methyl/N-ethyl adjacent to an activating group) is 1. The Hall–Kier alpha value is -2.50. The molecule has 2 aromatic carbocycles. The van der Waals surface area contributed by atoms with Gasteiger partial charge in [0, 0.05) is 18.4 Å². The minimum atomic E-state index is -0.0530. The van der Waals surface area contributed by atoms with Crippen LogP contribution in [0.3, 0.4) is 0 Å². The predicted molar refractivity (Wildman–Crippen MR) is 104 cm³/mol. The number of anilines is 1. The van der Waals surface area contributed by atoms with Crippen LogP contribution in [0.2, 0.25) is 0 Å². The number of methoxy groups -OCH3 is 1. The molecule has 0 saturated heterocycles. The first kappa shape index (κ1) is 18.8. The Balaban J connectivity index is 0.00000225. The molecule has 0 aliphatic carbocycles. The molecular formula is C19H22ClN3O2. The van der Waals surface area contributed by atoms with Crippen LogP contribution >= 0.6 is 12.4 Å². The number of carbonyl (C=O) groups is 1. The average molecular weight is 360 g/mol. The van der Waals surface area contributed by atoms with Gasteiger partial charge in [-0.05, 0) is 48.3 Å². The van der Waals surface area contributed by atoms with Gasteiger partial charge in [-0.3, -0.25) is 4.79 Å². The lowest BCUT2D eigenvalue weighted by Crippen LogP contribution is -2.25. The third kappa shape index (κ3) is 4.53. The summed E-state index contributed by atoms with van der Waals surface area (Å²) in [4.78, 5) is 11.7. The summed E-state index contributed by atoms with van der Waals surface area (Å²) in [5.74, 6) is 0.798. The summed E-state index contributed by atoms with van der Waals surface area (Å²) < 4.78 is 7.45. The Labute approximate surface area is 153 Å². The molecule has 0 bridgehead atoms. The summed E-state index contributed by atoms with van der Waals surface area (Å²) >= 11 is 0. The fourth-order valence-corrected chi connectivity index (χ4v) is 2.73. The topological polar surface area (TPSA) is 55.3 Å². The van der Waals surface area contributed by atoms with Gasteiger partial charge in [-0.15, -0.1) is 12.4 Å². The smallest absolute Gasteiger partial charge is 0.238 e. The van der Waals surface area contributed by atoms with Crippen molar-refractivity contribution in [2.24, 2.45) is 0 Å². The molecule has 0 aliphatic rings. The van der Waals surface area contributed by atoms with E-state index in [1.54, 1.807) is 14.2 Å². The normalized spacial score (nSPS) is 10.3. The Morgan fingerprint density at radius 2 is 2.00 bits per heavy atom. The molecule has 0 atom stereocenters. The van der Waals surface area contributed by atoms with Gasteiger partial charge < -0.3 is 19.9 Å². The SMILES string of the molecule is CNCC(=O)Nc1ccc2ccn(Cc3cccc(OC)c3)c2c1.Cl. The molecule has 132 valence electrons. The number of rotatable bonds is 6. The van der Waals surface area contributed by atoms with Gasteiger partial charge in [-0.1, -0.05) is 18.2 Å². The van der Waals surface area contributed by atoms with Gasteiger partial charge in [0.15, 0.2) is 0 Å². The molecule has 0 radical (unpaired) electrons. The third-order valence-electron chi connectivity index (χ3n) is 3.88. The van der Waals surface area contributed by atoms with Crippen molar-refractivity contribution in [3.63, 3.8) is 0 Å². The number of benzene rings is 2. The molecule has 6 heteroatoms. The predicted octanol–water partition coefficient (Wildman–Crippen LogP) is 3.28. The largest absolute Gasteiger partial charge is 0.497 e. The monoisotopic (exact) mass is 359 g/mol. The van der Waals surface area contributed by atoms with E-state index in [0.717, 1.165) is 34.4 Å². The zero-order valence-electron chi connectivity index (χ0n) is 14.3. The van der Waals surface area contributed by atoms with Gasteiger partial charge in [-0.25, -0.2) is 0 Å². The zero-order chi connectivity index (χ0) is 16.9. The number of hydrogen-bond donors (Lipinski definition) is 2. The molecule has 0 fully saturated rings. The van der Waals surface area contributed by atoms with E-state index in [-0.39, 0.29) is 18.3 Å². The van der Waals surface area contributed by atoms with E-state index in [4.69, 9.17) is 4.74 Å². The van der Waals surface area contributed by atoms with Crippen molar-refractivity contribution in [3.8, 4) is 5.75 Å². The van der Waals surface area contributed by atoms with Crippen molar-refractivity contribution in [1.29, 1.82) is 0 Å². The van der Waals surface area contributed by atoms with Gasteiger partial charge in [-0.2, -0.15) is 0 Å². The van der Waals surface area contributed by atoms with Crippen LogP contribution in [-0.4, -0.2) is 31.2 Å². The maximum absolute atomic E-state index is 11.7. The van der Waals surface area contributed by atoms with Crippen LogP contribution in [0.5, 0.6) is 5.75 Å². The second-order valence-electron chi connectivity index (χ2n) is 5.65. The van der Waals surface area contributed by atoms with E-state index in [1.165, 1.54) is 0 Å². The lowest BCUT2D eigenvalue weighted by molar-refractivity contribution is -0.115. The highest BCUT2D eigenvalue weighted by Crippen LogP contribution is 2.22. The molecule has 0 unspecified atom stereocenters. The van der Waals surface area contributed by atoms with Crippen LogP contribution in [0.4, 0.5) is 5.69 Å². The van der Waals surface area contributed by atoms with E-state index in [0.29, 0.717) is 6.54 Å². The first-order valence-corrected chi connectivity index (χ1v) is 7.86. The highest BCUT2D eigenvalue weighted by molar-refractivity contribution is 5.94. The molecule has 1 aromatic heterocycles. The minimum absolute atomic E-state index is 0. The molecule has 3 aromatic rings. The minimum Gasteiger partial charge on any atom is -0.497 e. The second-order valence-corrected chi connectivity index (χ2v) is 5.65. The van der Waals surface area contributed by atoms with Crippen molar-refractivity contribution >= 4 is 34.9 Å². The van der Waals surface area contributed by atoms with E-state index in [9.17, 15) is 4.79 Å². The van der Waals surface area contributed by atoms with Crippen LogP contribution in [0.1, 0.15) is 5.56 Å². The molecule has 1 heterocycles. The maximum atomic E-state index is 11.7. The van der Waals surface area contributed by atoms with Crippen LogP contribution in [0, 0.1) is 0 Å². The first-order valence-electron chi connectivity index (χ1n) is 7.86. The van der Waals surface area contributed by atoms with Crippen LogP contribution < -0.4 is 15.4 Å². The average Bonchev–Trinajstić information content (AvgIpc) is 2.97. The number of amides is 1.